The second kappa shape index (κ2) is 4.88. The minimum absolute atomic E-state index is 0.602. The van der Waals surface area contributed by atoms with Crippen LogP contribution in [0.15, 0.2) is 58.3 Å². The number of rotatable bonds is 2. The fourth-order valence-electron chi connectivity index (χ4n) is 2.57. The second-order valence-corrected chi connectivity index (χ2v) is 6.24. The van der Waals surface area contributed by atoms with Crippen LogP contribution in [0.5, 0.6) is 0 Å². The number of fused-ring (bicyclic) bond motifs is 3. The summed E-state index contributed by atoms with van der Waals surface area (Å²) in [6.45, 7) is 0. The van der Waals surface area contributed by atoms with Gasteiger partial charge in [0.05, 0.1) is 9.90 Å². The van der Waals surface area contributed by atoms with E-state index in [0.717, 1.165) is 32.4 Å². The zero-order chi connectivity index (χ0) is 14.4. The van der Waals surface area contributed by atoms with Gasteiger partial charge in [-0.25, -0.2) is 0 Å². The molecule has 2 aromatic heterocycles. The third kappa shape index (κ3) is 2.05. The van der Waals surface area contributed by atoms with E-state index < -0.39 is 6.10 Å². The van der Waals surface area contributed by atoms with Gasteiger partial charge in [-0.05, 0) is 35.2 Å². The predicted molar refractivity (Wildman–Crippen MR) is 87.1 cm³/mol. The number of benzene rings is 2. The molecule has 0 bridgehead atoms. The first-order chi connectivity index (χ1) is 10.2. The van der Waals surface area contributed by atoms with Crippen molar-refractivity contribution in [2.75, 3.05) is 0 Å². The molecule has 0 fully saturated rings. The maximum Gasteiger partial charge on any atom is 0.135 e. The summed E-state index contributed by atoms with van der Waals surface area (Å²) in [5.41, 5.74) is 2.50. The third-order valence-corrected chi connectivity index (χ3v) is 5.02. The van der Waals surface area contributed by atoms with E-state index in [1.807, 2.05) is 47.8 Å². The molecule has 104 valence electrons. The van der Waals surface area contributed by atoms with Crippen LogP contribution in [-0.4, -0.2) is 5.11 Å². The quantitative estimate of drug-likeness (QED) is 0.538. The Morgan fingerprint density at radius 2 is 1.81 bits per heavy atom. The minimum atomic E-state index is -0.712. The van der Waals surface area contributed by atoms with Crippen LogP contribution in [-0.2, 0) is 0 Å². The van der Waals surface area contributed by atoms with E-state index in [9.17, 15) is 5.11 Å². The molecular weight excluding hydrogens is 304 g/mol. The van der Waals surface area contributed by atoms with Gasteiger partial charge in [0, 0.05) is 10.8 Å². The normalized spacial score (nSPS) is 13.0. The van der Waals surface area contributed by atoms with Crippen LogP contribution in [0, 0.1) is 0 Å². The first-order valence-electron chi connectivity index (χ1n) is 6.56. The Morgan fingerprint density at radius 3 is 2.62 bits per heavy atom. The molecule has 1 N–H and O–H groups in total. The summed E-state index contributed by atoms with van der Waals surface area (Å²) in [6, 6.07) is 15.5. The van der Waals surface area contributed by atoms with Gasteiger partial charge in [-0.2, -0.15) is 0 Å². The first-order valence-corrected chi connectivity index (χ1v) is 7.82. The van der Waals surface area contributed by atoms with E-state index in [-0.39, 0.29) is 0 Å². The van der Waals surface area contributed by atoms with Crippen molar-refractivity contribution in [3.8, 4) is 0 Å². The van der Waals surface area contributed by atoms with Gasteiger partial charge in [-0.1, -0.05) is 35.9 Å². The van der Waals surface area contributed by atoms with Crippen LogP contribution >= 0.6 is 22.9 Å². The van der Waals surface area contributed by atoms with E-state index in [4.69, 9.17) is 16.0 Å². The van der Waals surface area contributed by atoms with Crippen molar-refractivity contribution < 1.29 is 9.52 Å². The molecule has 2 aromatic carbocycles. The summed E-state index contributed by atoms with van der Waals surface area (Å²) in [5, 5.41) is 15.1. The summed E-state index contributed by atoms with van der Waals surface area (Å²) in [7, 11) is 0. The molecule has 0 aliphatic rings. The summed E-state index contributed by atoms with van der Waals surface area (Å²) in [5.74, 6) is 0. The van der Waals surface area contributed by atoms with Crippen LogP contribution in [0.4, 0.5) is 0 Å². The lowest BCUT2D eigenvalue weighted by Gasteiger charge is -2.09. The topological polar surface area (TPSA) is 33.4 Å². The molecule has 0 aliphatic heterocycles. The first kappa shape index (κ1) is 12.9. The van der Waals surface area contributed by atoms with E-state index in [1.165, 1.54) is 11.3 Å². The standard InChI is InChI=1S/C17H11ClO2S/c18-13-7-8-21-17(13)16(19)10-5-6-15-12(9-10)11-3-1-2-4-14(11)20-15/h1-9,16,19H. The number of aliphatic hydroxyl groups is 1. The van der Waals surface area contributed by atoms with Crippen LogP contribution in [0.3, 0.4) is 0 Å². The Labute approximate surface area is 130 Å². The van der Waals surface area contributed by atoms with Crippen LogP contribution in [0.2, 0.25) is 5.02 Å². The van der Waals surface area contributed by atoms with Crippen LogP contribution < -0.4 is 0 Å². The van der Waals surface area contributed by atoms with Gasteiger partial charge in [-0.3, -0.25) is 0 Å². The highest BCUT2D eigenvalue weighted by atomic mass is 35.5. The van der Waals surface area contributed by atoms with Gasteiger partial charge in [0.1, 0.15) is 17.3 Å². The highest BCUT2D eigenvalue weighted by Crippen LogP contribution is 2.36. The van der Waals surface area contributed by atoms with Gasteiger partial charge in [-0.15, -0.1) is 11.3 Å². The van der Waals surface area contributed by atoms with Gasteiger partial charge in [0.15, 0.2) is 0 Å². The van der Waals surface area contributed by atoms with E-state index in [2.05, 4.69) is 0 Å². The Balaban J connectivity index is 1.90. The lowest BCUT2D eigenvalue weighted by atomic mass is 10.0. The Bertz CT molecular complexity index is 938. The summed E-state index contributed by atoms with van der Waals surface area (Å²) < 4.78 is 5.80. The zero-order valence-electron chi connectivity index (χ0n) is 10.9. The molecular formula is C17H11ClO2S. The van der Waals surface area contributed by atoms with Crippen molar-refractivity contribution in [3.63, 3.8) is 0 Å². The molecule has 0 radical (unpaired) electrons. The van der Waals surface area contributed by atoms with Crippen LogP contribution in [0.1, 0.15) is 16.5 Å². The maximum atomic E-state index is 10.5. The molecule has 4 heteroatoms. The van der Waals surface area contributed by atoms with Crippen molar-refractivity contribution in [1.29, 1.82) is 0 Å². The van der Waals surface area contributed by atoms with Crippen molar-refractivity contribution in [3.05, 3.63) is 69.4 Å². The molecule has 0 aliphatic carbocycles. The van der Waals surface area contributed by atoms with Crippen molar-refractivity contribution in [2.24, 2.45) is 0 Å². The lowest BCUT2D eigenvalue weighted by Crippen LogP contribution is -1.97. The molecule has 2 nitrogen and oxygen atoms in total. The molecule has 0 saturated carbocycles. The molecule has 1 unspecified atom stereocenters. The van der Waals surface area contributed by atoms with E-state index in [0.29, 0.717) is 5.02 Å². The predicted octanol–water partition coefficient (Wildman–Crippen LogP) is 5.38. The van der Waals surface area contributed by atoms with Crippen molar-refractivity contribution in [2.45, 2.75) is 6.10 Å². The molecule has 0 amide bonds. The average molecular weight is 315 g/mol. The second-order valence-electron chi connectivity index (χ2n) is 4.89. The minimum Gasteiger partial charge on any atom is -0.456 e. The van der Waals surface area contributed by atoms with E-state index >= 15 is 0 Å². The molecule has 1 atom stereocenters. The molecule has 4 rings (SSSR count). The number of furan rings is 1. The van der Waals surface area contributed by atoms with Crippen molar-refractivity contribution >= 4 is 44.9 Å². The smallest absolute Gasteiger partial charge is 0.135 e. The number of aliphatic hydroxyl groups excluding tert-OH is 1. The SMILES string of the molecule is OC(c1ccc2oc3ccccc3c2c1)c1sccc1Cl. The molecule has 0 spiro atoms. The number of para-hydroxylation sites is 1. The highest BCUT2D eigenvalue weighted by Gasteiger charge is 2.17. The van der Waals surface area contributed by atoms with Gasteiger partial charge in [0.25, 0.3) is 0 Å². The molecule has 0 saturated heterocycles. The molecule has 4 aromatic rings. The maximum absolute atomic E-state index is 10.5. The van der Waals surface area contributed by atoms with Gasteiger partial charge in [0.2, 0.25) is 0 Å². The van der Waals surface area contributed by atoms with E-state index in [1.54, 1.807) is 6.07 Å². The number of hydrogen-bond donors (Lipinski definition) is 1. The number of thiophene rings is 1. The third-order valence-electron chi connectivity index (χ3n) is 3.61. The summed E-state index contributed by atoms with van der Waals surface area (Å²) in [6.07, 6.45) is -0.712. The monoisotopic (exact) mass is 314 g/mol. The number of hydrogen-bond acceptors (Lipinski definition) is 3. The Kier molecular flexibility index (Phi) is 3.00. The van der Waals surface area contributed by atoms with Crippen LogP contribution in [0.25, 0.3) is 21.9 Å². The number of halogens is 1. The fraction of sp³-hybridized carbons (Fsp3) is 0.0588. The summed E-state index contributed by atoms with van der Waals surface area (Å²) >= 11 is 7.57. The largest absolute Gasteiger partial charge is 0.456 e. The van der Waals surface area contributed by atoms with Crippen molar-refractivity contribution in [1.82, 2.24) is 0 Å². The molecule has 2 heterocycles. The summed E-state index contributed by atoms with van der Waals surface area (Å²) in [4.78, 5) is 0.767. The average Bonchev–Trinajstić information content (AvgIpc) is 3.09. The van der Waals surface area contributed by atoms with Gasteiger partial charge >= 0.3 is 0 Å². The Hall–Kier alpha value is -1.81. The highest BCUT2D eigenvalue weighted by molar-refractivity contribution is 7.10. The lowest BCUT2D eigenvalue weighted by molar-refractivity contribution is 0.224. The fourth-order valence-corrected chi connectivity index (χ4v) is 3.74. The zero-order valence-corrected chi connectivity index (χ0v) is 12.5. The molecule has 21 heavy (non-hydrogen) atoms. The van der Waals surface area contributed by atoms with Gasteiger partial charge < -0.3 is 9.52 Å². The Morgan fingerprint density at radius 1 is 1.00 bits per heavy atom.